The van der Waals surface area contributed by atoms with Crippen LogP contribution in [0.15, 0.2) is 66.2 Å². The minimum atomic E-state index is -5.42. The Morgan fingerprint density at radius 2 is 1.61 bits per heavy atom. The minimum Gasteiger partial charge on any atom is -0.466 e. The summed E-state index contributed by atoms with van der Waals surface area (Å²) in [4.78, 5) is 25.9. The zero-order valence-corrected chi connectivity index (χ0v) is 14.7. The van der Waals surface area contributed by atoms with Crippen molar-refractivity contribution in [1.29, 1.82) is 0 Å². The molecule has 0 spiro atoms. The highest BCUT2D eigenvalue weighted by atomic mass is 19.4. The maximum Gasteiger partial charge on any atom is 0.431 e. The molecule has 2 aromatic carbocycles. The van der Waals surface area contributed by atoms with Gasteiger partial charge in [0, 0.05) is 0 Å². The Morgan fingerprint density at radius 1 is 1.07 bits per heavy atom. The van der Waals surface area contributed by atoms with Gasteiger partial charge < -0.3 is 14.7 Å². The Balaban J connectivity index is 2.28. The number of amides is 1. The van der Waals surface area contributed by atoms with E-state index in [9.17, 15) is 27.9 Å². The highest BCUT2D eigenvalue weighted by molar-refractivity contribution is 6.15. The monoisotopic (exact) mass is 391 g/mol. The van der Waals surface area contributed by atoms with E-state index < -0.39 is 29.2 Å². The molecule has 0 saturated heterocycles. The second-order valence-electron chi connectivity index (χ2n) is 6.17. The molecule has 1 amide bonds. The third-order valence-electron chi connectivity index (χ3n) is 4.45. The van der Waals surface area contributed by atoms with Crippen molar-refractivity contribution in [2.24, 2.45) is 0 Å². The molecule has 1 aliphatic heterocycles. The van der Waals surface area contributed by atoms with Crippen molar-refractivity contribution in [2.75, 3.05) is 7.11 Å². The number of hydrogen-bond acceptors (Lipinski definition) is 4. The van der Waals surface area contributed by atoms with Crippen LogP contribution in [0.5, 0.6) is 0 Å². The summed E-state index contributed by atoms with van der Waals surface area (Å²) in [5.74, 6) is -3.08. The fourth-order valence-corrected chi connectivity index (χ4v) is 3.13. The van der Waals surface area contributed by atoms with Gasteiger partial charge >= 0.3 is 12.1 Å². The lowest BCUT2D eigenvalue weighted by atomic mass is 9.92. The van der Waals surface area contributed by atoms with Crippen LogP contribution in [-0.2, 0) is 20.9 Å². The van der Waals surface area contributed by atoms with Crippen LogP contribution in [0.4, 0.5) is 13.2 Å². The number of nitrogens with zero attached hydrogens (tertiary/aromatic N) is 1. The van der Waals surface area contributed by atoms with E-state index >= 15 is 0 Å². The standard InChI is InChI=1S/C20H16F3NO4/c1-28-17(25)15-16(14-10-6-3-7-11-14)24(12-13-8-4-2-5-9-13)18(26)19(15,27)20(21,22)23/h2-11,27H,12H2,1H3. The van der Waals surface area contributed by atoms with Crippen LogP contribution in [0.1, 0.15) is 11.1 Å². The van der Waals surface area contributed by atoms with Crippen molar-refractivity contribution in [2.45, 2.75) is 18.3 Å². The van der Waals surface area contributed by atoms with E-state index in [1.165, 1.54) is 12.1 Å². The summed E-state index contributed by atoms with van der Waals surface area (Å²) in [6.07, 6.45) is -5.42. The minimum absolute atomic E-state index is 0.173. The number of halogens is 3. The van der Waals surface area contributed by atoms with Gasteiger partial charge in [-0.3, -0.25) is 4.79 Å². The summed E-state index contributed by atoms with van der Waals surface area (Å²) in [6, 6.07) is 15.9. The van der Waals surface area contributed by atoms with Gasteiger partial charge in [-0.05, 0) is 11.1 Å². The maximum atomic E-state index is 13.8. The van der Waals surface area contributed by atoms with Crippen molar-refractivity contribution >= 4 is 17.6 Å². The second-order valence-corrected chi connectivity index (χ2v) is 6.17. The van der Waals surface area contributed by atoms with Gasteiger partial charge in [0.2, 0.25) is 0 Å². The lowest BCUT2D eigenvalue weighted by molar-refractivity contribution is -0.239. The highest BCUT2D eigenvalue weighted by Crippen LogP contribution is 2.48. The number of methoxy groups -OCH3 is 1. The molecule has 1 unspecified atom stereocenters. The topological polar surface area (TPSA) is 66.8 Å². The van der Waals surface area contributed by atoms with Gasteiger partial charge in [0.25, 0.3) is 11.5 Å². The number of hydrogen-bond donors (Lipinski definition) is 1. The zero-order valence-electron chi connectivity index (χ0n) is 14.7. The van der Waals surface area contributed by atoms with Gasteiger partial charge in [0.05, 0.1) is 19.4 Å². The summed E-state index contributed by atoms with van der Waals surface area (Å²) in [5.41, 5.74) is -4.77. The number of carbonyl (C=O) groups is 2. The van der Waals surface area contributed by atoms with Crippen LogP contribution in [0.3, 0.4) is 0 Å². The number of rotatable bonds is 4. The molecule has 0 fully saturated rings. The molecule has 3 rings (SSSR count). The van der Waals surface area contributed by atoms with Crippen LogP contribution in [-0.4, -0.2) is 40.8 Å². The number of benzene rings is 2. The predicted octanol–water partition coefficient (Wildman–Crippen LogP) is 2.91. The van der Waals surface area contributed by atoms with E-state index in [4.69, 9.17) is 0 Å². The van der Waals surface area contributed by atoms with E-state index in [-0.39, 0.29) is 17.8 Å². The third kappa shape index (κ3) is 3.05. The van der Waals surface area contributed by atoms with E-state index in [0.29, 0.717) is 5.56 Å². The molecule has 1 heterocycles. The molecule has 28 heavy (non-hydrogen) atoms. The number of alkyl halides is 3. The summed E-state index contributed by atoms with van der Waals surface area (Å²) >= 11 is 0. The van der Waals surface area contributed by atoms with Crippen molar-refractivity contribution in [3.05, 3.63) is 77.4 Å². The number of esters is 1. The quantitative estimate of drug-likeness (QED) is 0.814. The number of carbonyl (C=O) groups excluding carboxylic acids is 2. The van der Waals surface area contributed by atoms with Gasteiger partial charge in [-0.1, -0.05) is 60.7 Å². The van der Waals surface area contributed by atoms with E-state index in [1.807, 2.05) is 0 Å². The molecule has 0 saturated carbocycles. The fraction of sp³-hybridized carbons (Fsp3) is 0.200. The molecule has 5 nitrogen and oxygen atoms in total. The molecule has 0 radical (unpaired) electrons. The SMILES string of the molecule is COC(=O)C1=C(c2ccccc2)N(Cc2ccccc2)C(=O)C1(O)C(F)(F)F. The van der Waals surface area contributed by atoms with Crippen molar-refractivity contribution in [3.8, 4) is 0 Å². The molecule has 146 valence electrons. The average Bonchev–Trinajstić information content (AvgIpc) is 2.91. The highest BCUT2D eigenvalue weighted by Gasteiger charge is 2.70. The van der Waals surface area contributed by atoms with Gasteiger partial charge in [-0.2, -0.15) is 13.2 Å². The molecule has 1 aliphatic rings. The predicted molar refractivity (Wildman–Crippen MR) is 93.4 cm³/mol. The van der Waals surface area contributed by atoms with Gasteiger partial charge in [-0.15, -0.1) is 0 Å². The van der Waals surface area contributed by atoms with Crippen molar-refractivity contribution in [3.63, 3.8) is 0 Å². The first-order valence-corrected chi connectivity index (χ1v) is 8.25. The molecule has 2 aromatic rings. The van der Waals surface area contributed by atoms with Crippen LogP contribution in [0, 0.1) is 0 Å². The summed E-state index contributed by atoms with van der Waals surface area (Å²) in [5, 5.41) is 10.5. The van der Waals surface area contributed by atoms with Crippen molar-refractivity contribution < 1.29 is 32.6 Å². The van der Waals surface area contributed by atoms with E-state index in [0.717, 1.165) is 12.0 Å². The maximum absolute atomic E-state index is 13.8. The van der Waals surface area contributed by atoms with E-state index in [1.54, 1.807) is 48.5 Å². The Morgan fingerprint density at radius 3 is 2.11 bits per heavy atom. The average molecular weight is 391 g/mol. The number of ether oxygens (including phenoxy) is 1. The Labute approximate surface area is 158 Å². The van der Waals surface area contributed by atoms with Crippen LogP contribution < -0.4 is 0 Å². The lowest BCUT2D eigenvalue weighted by Crippen LogP contribution is -2.55. The first kappa shape index (κ1) is 19.6. The van der Waals surface area contributed by atoms with Crippen LogP contribution in [0.25, 0.3) is 5.70 Å². The van der Waals surface area contributed by atoms with Crippen LogP contribution >= 0.6 is 0 Å². The van der Waals surface area contributed by atoms with Gasteiger partial charge in [0.15, 0.2) is 0 Å². The summed E-state index contributed by atoms with van der Waals surface area (Å²) < 4.78 is 45.9. The molecular formula is C20H16F3NO4. The first-order chi connectivity index (χ1) is 13.2. The largest absolute Gasteiger partial charge is 0.466 e. The number of aliphatic hydroxyl groups is 1. The van der Waals surface area contributed by atoms with Gasteiger partial charge in [-0.25, -0.2) is 4.79 Å². The summed E-state index contributed by atoms with van der Waals surface area (Å²) in [6.45, 7) is -0.261. The van der Waals surface area contributed by atoms with Crippen molar-refractivity contribution in [1.82, 2.24) is 4.90 Å². The Hall–Kier alpha value is -3.13. The molecule has 1 atom stereocenters. The Kier molecular flexibility index (Phi) is 4.99. The summed E-state index contributed by atoms with van der Waals surface area (Å²) in [7, 11) is 0.888. The zero-order chi connectivity index (χ0) is 20.5. The molecule has 1 N–H and O–H groups in total. The first-order valence-electron chi connectivity index (χ1n) is 8.25. The van der Waals surface area contributed by atoms with E-state index in [2.05, 4.69) is 4.74 Å². The Bertz CT molecular complexity index is 925. The lowest BCUT2D eigenvalue weighted by Gasteiger charge is -2.27. The van der Waals surface area contributed by atoms with Gasteiger partial charge in [0.1, 0.15) is 5.57 Å². The molecule has 0 aromatic heterocycles. The molecule has 0 bridgehead atoms. The van der Waals surface area contributed by atoms with Crippen LogP contribution in [0.2, 0.25) is 0 Å². The normalized spacial score (nSPS) is 19.9. The fourth-order valence-electron chi connectivity index (χ4n) is 3.13. The smallest absolute Gasteiger partial charge is 0.431 e. The molecular weight excluding hydrogens is 375 g/mol. The second kappa shape index (κ2) is 7.12. The molecule has 0 aliphatic carbocycles. The third-order valence-corrected chi connectivity index (χ3v) is 4.45. The molecule has 8 heteroatoms.